The lowest BCUT2D eigenvalue weighted by atomic mass is 9.98. The summed E-state index contributed by atoms with van der Waals surface area (Å²) in [6, 6.07) is 7.48. The third-order valence-corrected chi connectivity index (χ3v) is 4.70. The molecule has 4 nitrogen and oxygen atoms in total. The van der Waals surface area contributed by atoms with Crippen LogP contribution in [-0.4, -0.2) is 20.8 Å². The van der Waals surface area contributed by atoms with E-state index in [1.165, 1.54) is 12.5 Å². The molecule has 1 aliphatic heterocycles. The number of halogens is 1. The second-order valence-corrected chi connectivity index (χ2v) is 6.34. The van der Waals surface area contributed by atoms with Crippen molar-refractivity contribution in [3.63, 3.8) is 0 Å². The van der Waals surface area contributed by atoms with Crippen LogP contribution in [0, 0.1) is 5.82 Å². The zero-order valence-corrected chi connectivity index (χ0v) is 13.6. The Morgan fingerprint density at radius 1 is 1.23 bits per heavy atom. The van der Waals surface area contributed by atoms with Gasteiger partial charge in [-0.15, -0.1) is 4.37 Å². The van der Waals surface area contributed by atoms with Crippen molar-refractivity contribution in [1.82, 2.24) is 8.75 Å². The largest absolute Gasteiger partial charge is 0.469 e. The number of piperidine rings is 1. The van der Waals surface area contributed by atoms with Crippen molar-refractivity contribution in [2.75, 3.05) is 4.90 Å². The van der Waals surface area contributed by atoms with Crippen molar-refractivity contribution in [1.29, 1.82) is 0 Å². The Labute approximate surface area is 134 Å². The molecule has 0 saturated carbocycles. The lowest BCUT2D eigenvalue weighted by Gasteiger charge is -2.39. The van der Waals surface area contributed by atoms with E-state index in [2.05, 4.69) is 27.5 Å². The molecule has 1 aromatic carbocycles. The van der Waals surface area contributed by atoms with Crippen LogP contribution >= 0.6 is 11.7 Å². The number of anilines is 1. The van der Waals surface area contributed by atoms with Crippen molar-refractivity contribution >= 4 is 17.5 Å². The van der Waals surface area contributed by atoms with Crippen LogP contribution in [0.5, 0.6) is 5.88 Å². The summed E-state index contributed by atoms with van der Waals surface area (Å²) in [6.07, 6.45) is 3.53. The van der Waals surface area contributed by atoms with Gasteiger partial charge in [-0.3, -0.25) is 0 Å². The highest BCUT2D eigenvalue weighted by Crippen LogP contribution is 2.34. The second-order valence-electron chi connectivity index (χ2n) is 5.81. The SMILES string of the molecule is CC1CCCC(C)N1c1nsnc1OCc1ccccc1F. The molecule has 1 saturated heterocycles. The molecule has 0 bridgehead atoms. The van der Waals surface area contributed by atoms with Crippen molar-refractivity contribution in [3.05, 3.63) is 35.6 Å². The first-order valence-corrected chi connectivity index (χ1v) is 8.37. The number of aromatic nitrogens is 2. The molecule has 22 heavy (non-hydrogen) atoms. The molecule has 118 valence electrons. The van der Waals surface area contributed by atoms with Crippen LogP contribution in [0.2, 0.25) is 0 Å². The molecule has 1 aromatic heterocycles. The highest BCUT2D eigenvalue weighted by atomic mass is 32.1. The Balaban J connectivity index is 1.76. The molecular weight excluding hydrogens is 301 g/mol. The van der Waals surface area contributed by atoms with E-state index in [4.69, 9.17) is 4.74 Å². The summed E-state index contributed by atoms with van der Waals surface area (Å²) in [5, 5.41) is 0. The van der Waals surface area contributed by atoms with Crippen molar-refractivity contribution in [2.24, 2.45) is 0 Å². The normalized spacial score (nSPS) is 21.9. The molecule has 1 aliphatic rings. The highest BCUT2D eigenvalue weighted by Gasteiger charge is 2.29. The van der Waals surface area contributed by atoms with E-state index < -0.39 is 0 Å². The predicted octanol–water partition coefficient (Wildman–Crippen LogP) is 4.02. The number of rotatable bonds is 4. The van der Waals surface area contributed by atoms with E-state index >= 15 is 0 Å². The van der Waals surface area contributed by atoms with Crippen LogP contribution in [0.15, 0.2) is 24.3 Å². The minimum absolute atomic E-state index is 0.168. The smallest absolute Gasteiger partial charge is 0.271 e. The van der Waals surface area contributed by atoms with Crippen LogP contribution in [0.3, 0.4) is 0 Å². The van der Waals surface area contributed by atoms with Gasteiger partial charge < -0.3 is 9.64 Å². The minimum atomic E-state index is -0.257. The van der Waals surface area contributed by atoms with Crippen molar-refractivity contribution in [3.8, 4) is 5.88 Å². The maximum Gasteiger partial charge on any atom is 0.271 e. The zero-order valence-electron chi connectivity index (χ0n) is 12.8. The molecule has 1 fully saturated rings. The molecule has 0 amide bonds. The maximum atomic E-state index is 13.7. The van der Waals surface area contributed by atoms with Gasteiger partial charge in [-0.2, -0.15) is 4.37 Å². The number of ether oxygens (including phenoxy) is 1. The van der Waals surface area contributed by atoms with E-state index in [1.54, 1.807) is 18.2 Å². The lowest BCUT2D eigenvalue weighted by molar-refractivity contribution is 0.287. The van der Waals surface area contributed by atoms with E-state index in [1.807, 2.05) is 0 Å². The summed E-state index contributed by atoms with van der Waals surface area (Å²) in [5.41, 5.74) is 0.529. The van der Waals surface area contributed by atoms with Gasteiger partial charge in [0.1, 0.15) is 12.4 Å². The summed E-state index contributed by atoms with van der Waals surface area (Å²) < 4.78 is 28.1. The van der Waals surface area contributed by atoms with Crippen LogP contribution < -0.4 is 9.64 Å². The Hall–Kier alpha value is -1.69. The summed E-state index contributed by atoms with van der Waals surface area (Å²) in [5.74, 6) is 1.04. The quantitative estimate of drug-likeness (QED) is 0.852. The fourth-order valence-electron chi connectivity index (χ4n) is 3.02. The summed E-state index contributed by atoms with van der Waals surface area (Å²) in [6.45, 7) is 4.58. The van der Waals surface area contributed by atoms with Crippen LogP contribution in [-0.2, 0) is 6.61 Å². The van der Waals surface area contributed by atoms with Gasteiger partial charge in [0.25, 0.3) is 5.88 Å². The van der Waals surface area contributed by atoms with Crippen LogP contribution in [0.1, 0.15) is 38.7 Å². The summed E-state index contributed by atoms with van der Waals surface area (Å²) in [7, 11) is 0. The molecule has 0 radical (unpaired) electrons. The van der Waals surface area contributed by atoms with Gasteiger partial charge in [0.2, 0.25) is 5.82 Å². The Bertz CT molecular complexity index is 623. The molecule has 0 spiro atoms. The van der Waals surface area contributed by atoms with E-state index in [9.17, 15) is 4.39 Å². The van der Waals surface area contributed by atoms with Gasteiger partial charge in [-0.1, -0.05) is 18.2 Å². The van der Waals surface area contributed by atoms with E-state index in [0.717, 1.165) is 30.4 Å². The first-order valence-electron chi connectivity index (χ1n) is 7.64. The molecule has 6 heteroatoms. The van der Waals surface area contributed by atoms with Gasteiger partial charge in [0.05, 0.1) is 11.7 Å². The first-order chi connectivity index (χ1) is 10.7. The molecular formula is C16H20FN3OS. The van der Waals surface area contributed by atoms with Gasteiger partial charge in [0.15, 0.2) is 0 Å². The van der Waals surface area contributed by atoms with Gasteiger partial charge in [-0.05, 0) is 39.2 Å². The fraction of sp³-hybridized carbons (Fsp3) is 0.500. The average Bonchev–Trinajstić information content (AvgIpc) is 2.94. The number of nitrogens with zero attached hydrogens (tertiary/aromatic N) is 3. The molecule has 0 aliphatic carbocycles. The molecule has 3 rings (SSSR count). The van der Waals surface area contributed by atoms with Crippen molar-refractivity contribution in [2.45, 2.75) is 51.8 Å². The van der Waals surface area contributed by atoms with Crippen LogP contribution in [0.4, 0.5) is 10.2 Å². The first kappa shape index (κ1) is 15.2. The minimum Gasteiger partial charge on any atom is -0.469 e. The second kappa shape index (κ2) is 6.60. The molecule has 2 aromatic rings. The van der Waals surface area contributed by atoms with E-state index in [0.29, 0.717) is 23.5 Å². The van der Waals surface area contributed by atoms with Crippen molar-refractivity contribution < 1.29 is 9.13 Å². The third-order valence-electron chi connectivity index (χ3n) is 4.20. The Morgan fingerprint density at radius 3 is 2.68 bits per heavy atom. The molecule has 2 atom stereocenters. The Kier molecular flexibility index (Phi) is 4.57. The standard InChI is InChI=1S/C16H20FN3OS/c1-11-6-5-7-12(2)20(11)15-16(19-22-18-15)21-10-13-8-3-4-9-14(13)17/h3-4,8-9,11-12H,5-7,10H2,1-2H3. The maximum absolute atomic E-state index is 13.7. The molecule has 2 heterocycles. The number of hydrogen-bond acceptors (Lipinski definition) is 5. The fourth-order valence-corrected chi connectivity index (χ4v) is 3.52. The van der Waals surface area contributed by atoms with Gasteiger partial charge >= 0.3 is 0 Å². The highest BCUT2D eigenvalue weighted by molar-refractivity contribution is 6.99. The average molecular weight is 321 g/mol. The molecule has 2 unspecified atom stereocenters. The van der Waals surface area contributed by atoms with E-state index in [-0.39, 0.29) is 12.4 Å². The monoisotopic (exact) mass is 321 g/mol. The predicted molar refractivity (Wildman–Crippen MR) is 85.9 cm³/mol. The summed E-state index contributed by atoms with van der Waals surface area (Å²) in [4.78, 5) is 2.28. The third kappa shape index (κ3) is 3.06. The number of benzene rings is 1. The van der Waals surface area contributed by atoms with Gasteiger partial charge in [0, 0.05) is 17.6 Å². The lowest BCUT2D eigenvalue weighted by Crippen LogP contribution is -2.44. The molecule has 0 N–H and O–H groups in total. The number of hydrogen-bond donors (Lipinski definition) is 0. The zero-order chi connectivity index (χ0) is 15.5. The van der Waals surface area contributed by atoms with Crippen LogP contribution in [0.25, 0.3) is 0 Å². The topological polar surface area (TPSA) is 38.2 Å². The summed E-state index contributed by atoms with van der Waals surface area (Å²) >= 11 is 1.14. The van der Waals surface area contributed by atoms with Gasteiger partial charge in [-0.25, -0.2) is 4.39 Å². The Morgan fingerprint density at radius 2 is 1.95 bits per heavy atom.